The van der Waals surface area contributed by atoms with Crippen molar-refractivity contribution in [1.29, 1.82) is 0 Å². The molecule has 5 nitrogen and oxygen atoms in total. The molecule has 1 N–H and O–H groups in total. The van der Waals surface area contributed by atoms with Crippen molar-refractivity contribution in [2.75, 3.05) is 0 Å². The first kappa shape index (κ1) is 12.8. The zero-order chi connectivity index (χ0) is 14.1. The monoisotopic (exact) mass is 274 g/mol. The van der Waals surface area contributed by atoms with Gasteiger partial charge in [-0.25, -0.2) is 4.39 Å². The smallest absolute Gasteiger partial charge is 0.273 e. The van der Waals surface area contributed by atoms with E-state index in [4.69, 9.17) is 0 Å². The number of rotatable bonds is 3. The summed E-state index contributed by atoms with van der Waals surface area (Å²) in [6.07, 6.45) is 3.08. The molecule has 1 aromatic carbocycles. The fourth-order valence-electron chi connectivity index (χ4n) is 2.51. The molecular weight excluding hydrogens is 259 g/mol. The van der Waals surface area contributed by atoms with Crippen molar-refractivity contribution in [2.45, 2.75) is 32.4 Å². The number of fused-ring (bicyclic) bond motifs is 1. The lowest BCUT2D eigenvalue weighted by Crippen LogP contribution is -2.27. The Labute approximate surface area is 115 Å². The zero-order valence-corrected chi connectivity index (χ0v) is 11.1. The Morgan fingerprint density at radius 1 is 1.55 bits per heavy atom. The quantitative estimate of drug-likeness (QED) is 0.929. The van der Waals surface area contributed by atoms with Crippen LogP contribution in [0.5, 0.6) is 0 Å². The van der Waals surface area contributed by atoms with E-state index >= 15 is 0 Å². The Morgan fingerprint density at radius 3 is 3.15 bits per heavy atom. The molecule has 104 valence electrons. The maximum absolute atomic E-state index is 13.3. The van der Waals surface area contributed by atoms with E-state index < -0.39 is 0 Å². The predicted molar refractivity (Wildman–Crippen MR) is 70.6 cm³/mol. The largest absolute Gasteiger partial charge is 0.344 e. The van der Waals surface area contributed by atoms with Gasteiger partial charge in [0.25, 0.3) is 5.91 Å². The molecule has 3 rings (SSSR count). The number of halogens is 1. The highest BCUT2D eigenvalue weighted by atomic mass is 19.1. The standard InChI is InChI=1S/C14H15FN4O/c1-2-19-16-8-13(18-19)14(20)17-12-6-4-9-3-5-10(15)7-11(9)12/h3,5,7-8,12H,2,4,6H2,1H3,(H,17,20). The molecule has 1 heterocycles. The summed E-state index contributed by atoms with van der Waals surface area (Å²) < 4.78 is 13.3. The first-order chi connectivity index (χ1) is 9.67. The molecule has 0 saturated heterocycles. The van der Waals surface area contributed by atoms with Crippen LogP contribution in [0, 0.1) is 5.82 Å². The van der Waals surface area contributed by atoms with Gasteiger partial charge in [-0.2, -0.15) is 9.90 Å². The predicted octanol–water partition coefficient (Wildman–Crippen LogP) is 1.85. The molecule has 0 saturated carbocycles. The molecule has 0 radical (unpaired) electrons. The Bertz CT molecular complexity index is 652. The fraction of sp³-hybridized carbons (Fsp3) is 0.357. The average molecular weight is 274 g/mol. The highest BCUT2D eigenvalue weighted by Gasteiger charge is 2.25. The van der Waals surface area contributed by atoms with Gasteiger partial charge < -0.3 is 5.32 Å². The molecule has 0 fully saturated rings. The van der Waals surface area contributed by atoms with E-state index in [1.165, 1.54) is 23.1 Å². The summed E-state index contributed by atoms with van der Waals surface area (Å²) in [6, 6.07) is 4.58. The second kappa shape index (κ2) is 5.03. The van der Waals surface area contributed by atoms with Crippen LogP contribution in [0.3, 0.4) is 0 Å². The van der Waals surface area contributed by atoms with Gasteiger partial charge in [-0.15, -0.1) is 5.10 Å². The van der Waals surface area contributed by atoms with Gasteiger partial charge in [-0.3, -0.25) is 4.79 Å². The minimum atomic E-state index is -0.276. The lowest BCUT2D eigenvalue weighted by Gasteiger charge is -2.13. The lowest BCUT2D eigenvalue weighted by molar-refractivity contribution is 0.0930. The Balaban J connectivity index is 1.76. The van der Waals surface area contributed by atoms with Crippen LogP contribution in [0.4, 0.5) is 4.39 Å². The maximum Gasteiger partial charge on any atom is 0.273 e. The first-order valence-corrected chi connectivity index (χ1v) is 6.66. The van der Waals surface area contributed by atoms with Crippen molar-refractivity contribution in [1.82, 2.24) is 20.3 Å². The molecule has 1 aliphatic rings. The molecular formula is C14H15FN4O. The number of carbonyl (C=O) groups excluding carboxylic acids is 1. The van der Waals surface area contributed by atoms with Crippen LogP contribution in [-0.2, 0) is 13.0 Å². The van der Waals surface area contributed by atoms with Gasteiger partial charge in [-0.05, 0) is 43.0 Å². The Kier molecular flexibility index (Phi) is 3.22. The van der Waals surface area contributed by atoms with E-state index in [-0.39, 0.29) is 23.5 Å². The SMILES string of the molecule is CCn1ncc(C(=O)NC2CCc3ccc(F)cc32)n1. The van der Waals surface area contributed by atoms with Crippen molar-refractivity contribution in [2.24, 2.45) is 0 Å². The molecule has 20 heavy (non-hydrogen) atoms. The molecule has 1 aliphatic carbocycles. The second-order valence-electron chi connectivity index (χ2n) is 4.83. The van der Waals surface area contributed by atoms with Gasteiger partial charge in [0.2, 0.25) is 0 Å². The topological polar surface area (TPSA) is 59.8 Å². The van der Waals surface area contributed by atoms with Gasteiger partial charge in [0.1, 0.15) is 5.82 Å². The average Bonchev–Trinajstić information content (AvgIpc) is 3.06. The van der Waals surface area contributed by atoms with Gasteiger partial charge in [-0.1, -0.05) is 6.07 Å². The number of nitrogens with one attached hydrogen (secondary N) is 1. The van der Waals surface area contributed by atoms with Crippen LogP contribution >= 0.6 is 0 Å². The number of carbonyl (C=O) groups is 1. The number of nitrogens with zero attached hydrogens (tertiary/aromatic N) is 3. The Hall–Kier alpha value is -2.24. The fourth-order valence-corrected chi connectivity index (χ4v) is 2.51. The summed E-state index contributed by atoms with van der Waals surface area (Å²) in [6.45, 7) is 2.52. The van der Waals surface area contributed by atoms with Gasteiger partial charge in [0.15, 0.2) is 5.69 Å². The molecule has 2 aromatic rings. The number of amides is 1. The van der Waals surface area contributed by atoms with Gasteiger partial charge in [0, 0.05) is 0 Å². The van der Waals surface area contributed by atoms with E-state index in [1.807, 2.05) is 6.92 Å². The lowest BCUT2D eigenvalue weighted by atomic mass is 10.1. The van der Waals surface area contributed by atoms with E-state index in [0.29, 0.717) is 6.54 Å². The maximum atomic E-state index is 13.3. The second-order valence-corrected chi connectivity index (χ2v) is 4.83. The first-order valence-electron chi connectivity index (χ1n) is 6.66. The van der Waals surface area contributed by atoms with Crippen molar-refractivity contribution >= 4 is 5.91 Å². The van der Waals surface area contributed by atoms with Crippen LogP contribution in [0.1, 0.15) is 41.0 Å². The van der Waals surface area contributed by atoms with Crippen molar-refractivity contribution in [3.05, 3.63) is 47.0 Å². The summed E-state index contributed by atoms with van der Waals surface area (Å²) in [5.41, 5.74) is 2.24. The van der Waals surface area contributed by atoms with Crippen molar-refractivity contribution in [3.63, 3.8) is 0 Å². The van der Waals surface area contributed by atoms with Crippen molar-refractivity contribution < 1.29 is 9.18 Å². The molecule has 1 amide bonds. The molecule has 0 spiro atoms. The third kappa shape index (κ3) is 2.29. The van der Waals surface area contributed by atoms with Crippen LogP contribution in [0.25, 0.3) is 0 Å². The number of hydrogen-bond acceptors (Lipinski definition) is 3. The third-order valence-electron chi connectivity index (χ3n) is 3.54. The number of aryl methyl sites for hydroxylation is 2. The normalized spacial score (nSPS) is 17.0. The summed E-state index contributed by atoms with van der Waals surface area (Å²) in [5, 5.41) is 10.9. The molecule has 0 bridgehead atoms. The highest BCUT2D eigenvalue weighted by molar-refractivity contribution is 5.92. The van der Waals surface area contributed by atoms with Crippen LogP contribution in [0.2, 0.25) is 0 Å². The number of hydrogen-bond donors (Lipinski definition) is 1. The van der Waals surface area contributed by atoms with Crippen LogP contribution < -0.4 is 5.32 Å². The van der Waals surface area contributed by atoms with Gasteiger partial charge >= 0.3 is 0 Å². The third-order valence-corrected chi connectivity index (χ3v) is 3.54. The number of aromatic nitrogens is 3. The minimum Gasteiger partial charge on any atom is -0.344 e. The summed E-state index contributed by atoms with van der Waals surface area (Å²) in [4.78, 5) is 13.6. The van der Waals surface area contributed by atoms with Crippen LogP contribution in [-0.4, -0.2) is 20.9 Å². The Morgan fingerprint density at radius 2 is 2.40 bits per heavy atom. The molecule has 1 atom stereocenters. The zero-order valence-electron chi connectivity index (χ0n) is 11.1. The van der Waals surface area contributed by atoms with E-state index in [9.17, 15) is 9.18 Å². The van der Waals surface area contributed by atoms with Crippen molar-refractivity contribution in [3.8, 4) is 0 Å². The van der Waals surface area contributed by atoms with E-state index in [0.717, 1.165) is 24.0 Å². The molecule has 0 aliphatic heterocycles. The van der Waals surface area contributed by atoms with Crippen LogP contribution in [0.15, 0.2) is 24.4 Å². The summed E-state index contributed by atoms with van der Waals surface area (Å²) in [7, 11) is 0. The number of benzene rings is 1. The molecule has 1 aromatic heterocycles. The van der Waals surface area contributed by atoms with E-state index in [1.54, 1.807) is 6.07 Å². The molecule has 6 heteroatoms. The highest BCUT2D eigenvalue weighted by Crippen LogP contribution is 2.31. The van der Waals surface area contributed by atoms with Gasteiger partial charge in [0.05, 0.1) is 18.8 Å². The summed E-state index contributed by atoms with van der Waals surface area (Å²) >= 11 is 0. The summed E-state index contributed by atoms with van der Waals surface area (Å²) in [5.74, 6) is -0.548. The minimum absolute atomic E-state index is 0.153. The van der Waals surface area contributed by atoms with E-state index in [2.05, 4.69) is 15.5 Å². The molecule has 1 unspecified atom stereocenters.